The molecule has 8 nitrogen and oxygen atoms in total. The van der Waals surface area contributed by atoms with Crippen LogP contribution in [0, 0.1) is 0 Å². The van der Waals surface area contributed by atoms with Crippen molar-refractivity contribution in [1.29, 1.82) is 0 Å². The summed E-state index contributed by atoms with van der Waals surface area (Å²) in [5.41, 5.74) is -2.35. The molecule has 1 fully saturated rings. The fourth-order valence-corrected chi connectivity index (χ4v) is 5.02. The number of rotatable bonds is 5. The Morgan fingerprint density at radius 2 is 1.76 bits per heavy atom. The number of fused-ring (bicyclic) bond motifs is 1. The number of halogens is 6. The largest absolute Gasteiger partial charge is 0.435 e. The van der Waals surface area contributed by atoms with Gasteiger partial charge in [0, 0.05) is 19.2 Å². The standard InChI is InChI=1S/C22H18F6N6O2S/c1-3-37(35,36)15-8-12(34-7-6-16(32-34)22(26,27)28)10-29-18(15)20-30-14-9-13(21(23,24)25)17(11-4-5-11)31-19(14)33(20)2/h6-11H,3-5H2,1-2H3. The van der Waals surface area contributed by atoms with Gasteiger partial charge in [-0.3, -0.25) is 0 Å². The number of alkyl halides is 6. The summed E-state index contributed by atoms with van der Waals surface area (Å²) in [6, 6.07) is 2.73. The molecule has 4 aromatic heterocycles. The van der Waals surface area contributed by atoms with E-state index in [1.807, 2.05) is 0 Å². The van der Waals surface area contributed by atoms with Gasteiger partial charge in [0.25, 0.3) is 0 Å². The SMILES string of the molecule is CCS(=O)(=O)c1cc(-n2ccc(C(F)(F)F)n2)cnc1-c1nc2cc(C(F)(F)F)c(C3CC3)nc2n1C. The third kappa shape index (κ3) is 4.45. The van der Waals surface area contributed by atoms with Gasteiger partial charge in [0.2, 0.25) is 0 Å². The summed E-state index contributed by atoms with van der Waals surface area (Å²) in [5, 5.41) is 3.44. The van der Waals surface area contributed by atoms with Gasteiger partial charge < -0.3 is 4.57 Å². The second-order valence-electron chi connectivity index (χ2n) is 8.62. The maximum absolute atomic E-state index is 13.7. The molecule has 196 valence electrons. The Morgan fingerprint density at radius 3 is 2.32 bits per heavy atom. The molecule has 15 heteroatoms. The van der Waals surface area contributed by atoms with Crippen molar-refractivity contribution in [2.75, 3.05) is 5.75 Å². The summed E-state index contributed by atoms with van der Waals surface area (Å²) in [6.07, 6.45) is -6.06. The minimum atomic E-state index is -4.70. The van der Waals surface area contributed by atoms with Crippen LogP contribution in [-0.4, -0.2) is 43.5 Å². The first kappa shape index (κ1) is 25.2. The number of hydrogen-bond donors (Lipinski definition) is 0. The molecule has 0 aliphatic heterocycles. The molecule has 0 aromatic carbocycles. The molecule has 4 heterocycles. The number of hydrogen-bond acceptors (Lipinski definition) is 6. The molecule has 1 saturated carbocycles. The van der Waals surface area contributed by atoms with Crippen LogP contribution < -0.4 is 0 Å². The smallest absolute Gasteiger partial charge is 0.310 e. The molecule has 5 rings (SSSR count). The molecular formula is C22H18F6N6O2S. The van der Waals surface area contributed by atoms with Crippen molar-refractivity contribution in [1.82, 2.24) is 29.3 Å². The minimum Gasteiger partial charge on any atom is -0.310 e. The molecule has 1 aliphatic rings. The van der Waals surface area contributed by atoms with E-state index < -0.39 is 33.4 Å². The molecule has 0 unspecified atom stereocenters. The molecule has 0 bridgehead atoms. The van der Waals surface area contributed by atoms with Crippen LogP contribution in [-0.2, 0) is 29.2 Å². The van der Waals surface area contributed by atoms with Crippen molar-refractivity contribution in [2.45, 2.75) is 42.9 Å². The van der Waals surface area contributed by atoms with E-state index in [1.54, 1.807) is 0 Å². The van der Waals surface area contributed by atoms with Crippen LogP contribution in [0.25, 0.3) is 28.4 Å². The lowest BCUT2D eigenvalue weighted by Gasteiger charge is -2.12. The van der Waals surface area contributed by atoms with E-state index in [-0.39, 0.29) is 50.6 Å². The zero-order valence-corrected chi connectivity index (χ0v) is 20.1. The van der Waals surface area contributed by atoms with Crippen LogP contribution in [0.3, 0.4) is 0 Å². The van der Waals surface area contributed by atoms with Gasteiger partial charge in [-0.05, 0) is 31.0 Å². The predicted molar refractivity (Wildman–Crippen MR) is 119 cm³/mol. The molecule has 4 aromatic rings. The van der Waals surface area contributed by atoms with Crippen molar-refractivity contribution in [3.8, 4) is 17.2 Å². The summed E-state index contributed by atoms with van der Waals surface area (Å²) in [7, 11) is -2.53. The monoisotopic (exact) mass is 544 g/mol. The summed E-state index contributed by atoms with van der Waals surface area (Å²) < 4.78 is 108. The van der Waals surface area contributed by atoms with Crippen molar-refractivity contribution >= 4 is 21.0 Å². The van der Waals surface area contributed by atoms with E-state index >= 15 is 0 Å². The summed E-state index contributed by atoms with van der Waals surface area (Å²) in [4.78, 5) is 12.3. The molecule has 0 atom stereocenters. The second-order valence-corrected chi connectivity index (χ2v) is 10.9. The van der Waals surface area contributed by atoms with Crippen LogP contribution >= 0.6 is 0 Å². The van der Waals surface area contributed by atoms with Crippen LogP contribution in [0.2, 0.25) is 0 Å². The molecule has 37 heavy (non-hydrogen) atoms. The third-order valence-electron chi connectivity index (χ3n) is 6.05. The maximum atomic E-state index is 13.7. The first-order valence-electron chi connectivity index (χ1n) is 11.0. The lowest BCUT2D eigenvalue weighted by atomic mass is 10.1. The highest BCUT2D eigenvalue weighted by Gasteiger charge is 2.40. The highest BCUT2D eigenvalue weighted by Crippen LogP contribution is 2.46. The topological polar surface area (TPSA) is 95.6 Å². The number of imidazole rings is 1. The van der Waals surface area contributed by atoms with Crippen molar-refractivity contribution < 1.29 is 34.8 Å². The van der Waals surface area contributed by atoms with Gasteiger partial charge in [0.1, 0.15) is 11.2 Å². The molecular weight excluding hydrogens is 526 g/mol. The number of pyridine rings is 2. The van der Waals surface area contributed by atoms with Gasteiger partial charge >= 0.3 is 12.4 Å². The Bertz CT molecular complexity index is 1630. The summed E-state index contributed by atoms with van der Waals surface area (Å²) in [6.45, 7) is 1.37. The van der Waals surface area contributed by atoms with Crippen molar-refractivity contribution in [3.63, 3.8) is 0 Å². The number of aryl methyl sites for hydroxylation is 1. The highest BCUT2D eigenvalue weighted by molar-refractivity contribution is 7.91. The van der Waals surface area contributed by atoms with Gasteiger partial charge in [-0.1, -0.05) is 6.92 Å². The Hall–Kier alpha value is -3.49. The van der Waals surface area contributed by atoms with Crippen LogP contribution in [0.5, 0.6) is 0 Å². The van der Waals surface area contributed by atoms with E-state index in [9.17, 15) is 34.8 Å². The molecule has 0 amide bonds. The third-order valence-corrected chi connectivity index (χ3v) is 7.79. The van der Waals surface area contributed by atoms with Gasteiger partial charge in [-0.25, -0.2) is 28.1 Å². The first-order valence-corrected chi connectivity index (χ1v) is 12.7. The Kier molecular flexibility index (Phi) is 5.62. The zero-order valence-electron chi connectivity index (χ0n) is 19.3. The van der Waals surface area contributed by atoms with E-state index in [2.05, 4.69) is 20.1 Å². The zero-order chi connectivity index (χ0) is 26.9. The number of aromatic nitrogens is 6. The van der Waals surface area contributed by atoms with E-state index in [4.69, 9.17) is 0 Å². The van der Waals surface area contributed by atoms with Gasteiger partial charge in [0.05, 0.1) is 33.8 Å². The van der Waals surface area contributed by atoms with Gasteiger partial charge in [-0.15, -0.1) is 0 Å². The fourth-order valence-electron chi connectivity index (χ4n) is 3.97. The van der Waals surface area contributed by atoms with Crippen molar-refractivity contribution in [2.24, 2.45) is 7.05 Å². The number of sulfone groups is 1. The number of nitrogens with zero attached hydrogens (tertiary/aromatic N) is 6. The Labute approximate surface area is 205 Å². The molecule has 1 aliphatic carbocycles. The first-order chi connectivity index (χ1) is 17.2. The van der Waals surface area contributed by atoms with Gasteiger partial charge in [-0.2, -0.15) is 31.4 Å². The lowest BCUT2D eigenvalue weighted by molar-refractivity contribution is -0.141. The Morgan fingerprint density at radius 1 is 1.05 bits per heavy atom. The Balaban J connectivity index is 1.70. The molecule has 0 radical (unpaired) electrons. The molecule has 0 saturated heterocycles. The highest BCUT2D eigenvalue weighted by atomic mass is 32.2. The van der Waals surface area contributed by atoms with Gasteiger partial charge in [0.15, 0.2) is 27.0 Å². The quantitative estimate of drug-likeness (QED) is 0.331. The van der Waals surface area contributed by atoms with Crippen LogP contribution in [0.15, 0.2) is 35.5 Å². The molecule has 0 spiro atoms. The minimum absolute atomic E-state index is 0.0569. The fraction of sp³-hybridized carbons (Fsp3) is 0.364. The average molecular weight is 544 g/mol. The summed E-state index contributed by atoms with van der Waals surface area (Å²) >= 11 is 0. The average Bonchev–Trinajstić information content (AvgIpc) is 3.45. The molecule has 0 N–H and O–H groups in total. The van der Waals surface area contributed by atoms with Crippen molar-refractivity contribution in [3.05, 3.63) is 47.5 Å². The second kappa shape index (κ2) is 8.26. The van der Waals surface area contributed by atoms with E-state index in [0.29, 0.717) is 12.8 Å². The van der Waals surface area contributed by atoms with Crippen LogP contribution in [0.4, 0.5) is 26.3 Å². The summed E-state index contributed by atoms with van der Waals surface area (Å²) in [5.74, 6) is -0.744. The predicted octanol–water partition coefficient (Wildman–Crippen LogP) is 4.92. The lowest BCUT2D eigenvalue weighted by Crippen LogP contribution is -2.11. The van der Waals surface area contributed by atoms with E-state index in [1.165, 1.54) is 18.5 Å². The maximum Gasteiger partial charge on any atom is 0.435 e. The van der Waals surface area contributed by atoms with E-state index in [0.717, 1.165) is 35.3 Å². The normalized spacial score (nSPS) is 15.0. The van der Waals surface area contributed by atoms with Crippen LogP contribution in [0.1, 0.15) is 42.6 Å².